The maximum atomic E-state index is 11.3. The molecule has 0 spiro atoms. The fourth-order valence-corrected chi connectivity index (χ4v) is 1.28. The predicted octanol–water partition coefficient (Wildman–Crippen LogP) is 0.217. The van der Waals surface area contributed by atoms with Crippen molar-refractivity contribution >= 4 is 5.91 Å². The van der Waals surface area contributed by atoms with Crippen LogP contribution in [0.5, 0.6) is 0 Å². The average molecular weight is 156 g/mol. The van der Waals surface area contributed by atoms with Gasteiger partial charge in [0.25, 0.3) is 0 Å². The fourth-order valence-electron chi connectivity index (χ4n) is 1.28. The van der Waals surface area contributed by atoms with Crippen molar-refractivity contribution in [2.24, 2.45) is 0 Å². The molecule has 1 rings (SSSR count). The van der Waals surface area contributed by atoms with Crippen molar-refractivity contribution in [1.82, 2.24) is 10.2 Å². The van der Waals surface area contributed by atoms with Gasteiger partial charge in [-0.1, -0.05) is 0 Å². The van der Waals surface area contributed by atoms with E-state index in [9.17, 15) is 4.79 Å². The van der Waals surface area contributed by atoms with Gasteiger partial charge >= 0.3 is 0 Å². The first-order chi connectivity index (χ1) is 5.24. The molecule has 1 amide bonds. The third-order valence-electron chi connectivity index (χ3n) is 2.17. The molecule has 1 saturated heterocycles. The summed E-state index contributed by atoms with van der Waals surface area (Å²) in [6.07, 6.45) is 1.07. The lowest BCUT2D eigenvalue weighted by Gasteiger charge is -2.16. The first-order valence-corrected chi connectivity index (χ1v) is 4.25. The van der Waals surface area contributed by atoms with Crippen LogP contribution in [0.1, 0.15) is 20.3 Å². The molecule has 1 unspecified atom stereocenters. The Bertz CT molecular complexity index is 147. The largest absolute Gasteiger partial charge is 0.342 e. The summed E-state index contributed by atoms with van der Waals surface area (Å²) in [6.45, 7) is 6.39. The molecule has 64 valence electrons. The molecule has 0 bridgehead atoms. The van der Waals surface area contributed by atoms with Gasteiger partial charge in [-0.3, -0.25) is 4.79 Å². The minimum Gasteiger partial charge on any atom is -0.342 e. The summed E-state index contributed by atoms with van der Waals surface area (Å²) >= 11 is 0. The topological polar surface area (TPSA) is 32.3 Å². The molecule has 1 aliphatic rings. The van der Waals surface area contributed by atoms with E-state index >= 15 is 0 Å². The summed E-state index contributed by atoms with van der Waals surface area (Å²) < 4.78 is 0. The first kappa shape index (κ1) is 8.53. The van der Waals surface area contributed by atoms with Crippen LogP contribution >= 0.6 is 0 Å². The van der Waals surface area contributed by atoms with Crippen LogP contribution in [0.15, 0.2) is 0 Å². The standard InChI is InChI=1S/C8H16N2O/c1-3-10-5-4-7(2)9-6-8(10)11/h7,9H,3-6H2,1-2H3. The molecule has 1 fully saturated rings. The van der Waals surface area contributed by atoms with Crippen molar-refractivity contribution in [3.05, 3.63) is 0 Å². The zero-order valence-corrected chi connectivity index (χ0v) is 7.26. The molecule has 1 N–H and O–H groups in total. The van der Waals surface area contributed by atoms with Crippen molar-refractivity contribution < 1.29 is 4.79 Å². The minimum absolute atomic E-state index is 0.233. The Hall–Kier alpha value is -0.570. The van der Waals surface area contributed by atoms with Crippen LogP contribution in [0.2, 0.25) is 0 Å². The van der Waals surface area contributed by atoms with Crippen LogP contribution < -0.4 is 5.32 Å². The monoisotopic (exact) mass is 156 g/mol. The quantitative estimate of drug-likeness (QED) is 0.589. The third-order valence-corrected chi connectivity index (χ3v) is 2.17. The van der Waals surface area contributed by atoms with Crippen LogP contribution in [-0.2, 0) is 4.79 Å². The van der Waals surface area contributed by atoms with Gasteiger partial charge in [0.05, 0.1) is 6.54 Å². The number of carbonyl (C=O) groups excluding carboxylic acids is 1. The fraction of sp³-hybridized carbons (Fsp3) is 0.875. The molecule has 1 atom stereocenters. The predicted molar refractivity (Wildman–Crippen MR) is 44.3 cm³/mol. The molecule has 0 aliphatic carbocycles. The molecule has 0 aromatic heterocycles. The molecule has 0 saturated carbocycles. The van der Waals surface area contributed by atoms with Crippen LogP contribution in [0.4, 0.5) is 0 Å². The maximum absolute atomic E-state index is 11.3. The zero-order valence-electron chi connectivity index (χ0n) is 7.26. The second-order valence-electron chi connectivity index (χ2n) is 3.04. The number of carbonyl (C=O) groups is 1. The van der Waals surface area contributed by atoms with Crippen molar-refractivity contribution in [1.29, 1.82) is 0 Å². The maximum Gasteiger partial charge on any atom is 0.236 e. The average Bonchev–Trinajstić information content (AvgIpc) is 2.15. The van der Waals surface area contributed by atoms with Gasteiger partial charge in [0, 0.05) is 19.1 Å². The minimum atomic E-state index is 0.233. The number of rotatable bonds is 1. The second-order valence-corrected chi connectivity index (χ2v) is 3.04. The number of hydrogen-bond acceptors (Lipinski definition) is 2. The van der Waals surface area contributed by atoms with Gasteiger partial charge in [-0.2, -0.15) is 0 Å². The summed E-state index contributed by atoms with van der Waals surface area (Å²) in [6, 6.07) is 0.482. The number of likely N-dealkylation sites (N-methyl/N-ethyl adjacent to an activating group) is 1. The van der Waals surface area contributed by atoms with Gasteiger partial charge in [0.1, 0.15) is 0 Å². The van der Waals surface area contributed by atoms with Gasteiger partial charge in [-0.15, -0.1) is 0 Å². The lowest BCUT2D eigenvalue weighted by molar-refractivity contribution is -0.129. The summed E-state index contributed by atoms with van der Waals surface area (Å²) in [7, 11) is 0. The van der Waals surface area contributed by atoms with Crippen molar-refractivity contribution in [3.63, 3.8) is 0 Å². The Labute approximate surface area is 67.8 Å². The number of nitrogens with one attached hydrogen (secondary N) is 1. The van der Waals surface area contributed by atoms with Crippen LogP contribution in [0.25, 0.3) is 0 Å². The van der Waals surface area contributed by atoms with E-state index in [0.717, 1.165) is 19.5 Å². The second kappa shape index (κ2) is 3.72. The number of hydrogen-bond donors (Lipinski definition) is 1. The number of nitrogens with zero attached hydrogens (tertiary/aromatic N) is 1. The molecule has 0 aromatic carbocycles. The van der Waals surface area contributed by atoms with E-state index in [1.165, 1.54) is 0 Å². The molecule has 3 nitrogen and oxygen atoms in total. The Morgan fingerprint density at radius 3 is 3.09 bits per heavy atom. The molecule has 0 aromatic rings. The normalized spacial score (nSPS) is 26.9. The van der Waals surface area contributed by atoms with E-state index in [0.29, 0.717) is 12.6 Å². The Morgan fingerprint density at radius 1 is 1.73 bits per heavy atom. The van der Waals surface area contributed by atoms with E-state index < -0.39 is 0 Å². The van der Waals surface area contributed by atoms with Crippen LogP contribution in [0, 0.1) is 0 Å². The summed E-state index contributed by atoms with van der Waals surface area (Å²) in [4.78, 5) is 13.2. The summed E-state index contributed by atoms with van der Waals surface area (Å²) in [5.41, 5.74) is 0. The lowest BCUT2D eigenvalue weighted by Crippen LogP contribution is -2.35. The summed E-state index contributed by atoms with van der Waals surface area (Å²) in [5.74, 6) is 0.233. The molecule has 3 heteroatoms. The molecule has 1 heterocycles. The molecule has 0 radical (unpaired) electrons. The van der Waals surface area contributed by atoms with Crippen molar-refractivity contribution in [2.45, 2.75) is 26.3 Å². The Morgan fingerprint density at radius 2 is 2.45 bits per heavy atom. The van der Waals surface area contributed by atoms with E-state index in [2.05, 4.69) is 12.2 Å². The van der Waals surface area contributed by atoms with E-state index in [4.69, 9.17) is 0 Å². The molecular weight excluding hydrogens is 140 g/mol. The molecule has 11 heavy (non-hydrogen) atoms. The third kappa shape index (κ3) is 2.19. The molecule has 1 aliphatic heterocycles. The highest BCUT2D eigenvalue weighted by Crippen LogP contribution is 2.00. The van der Waals surface area contributed by atoms with Crippen LogP contribution in [0.3, 0.4) is 0 Å². The highest BCUT2D eigenvalue weighted by atomic mass is 16.2. The van der Waals surface area contributed by atoms with E-state index in [1.54, 1.807) is 0 Å². The zero-order chi connectivity index (χ0) is 8.27. The smallest absolute Gasteiger partial charge is 0.236 e. The van der Waals surface area contributed by atoms with E-state index in [1.807, 2.05) is 11.8 Å². The van der Waals surface area contributed by atoms with Gasteiger partial charge in [-0.25, -0.2) is 0 Å². The molecular formula is C8H16N2O. The SMILES string of the molecule is CCN1CCC(C)NCC1=O. The lowest BCUT2D eigenvalue weighted by atomic mass is 10.2. The van der Waals surface area contributed by atoms with E-state index in [-0.39, 0.29) is 5.91 Å². The Kier molecular flexibility index (Phi) is 2.88. The van der Waals surface area contributed by atoms with Gasteiger partial charge < -0.3 is 10.2 Å². The van der Waals surface area contributed by atoms with Crippen LogP contribution in [-0.4, -0.2) is 36.5 Å². The highest BCUT2D eigenvalue weighted by molar-refractivity contribution is 5.78. The van der Waals surface area contributed by atoms with Gasteiger partial charge in [0.15, 0.2) is 0 Å². The van der Waals surface area contributed by atoms with Gasteiger partial charge in [-0.05, 0) is 20.3 Å². The van der Waals surface area contributed by atoms with Crippen molar-refractivity contribution in [2.75, 3.05) is 19.6 Å². The van der Waals surface area contributed by atoms with Gasteiger partial charge in [0.2, 0.25) is 5.91 Å². The number of amides is 1. The highest BCUT2D eigenvalue weighted by Gasteiger charge is 2.17. The van der Waals surface area contributed by atoms with Crippen molar-refractivity contribution in [3.8, 4) is 0 Å². The Balaban J connectivity index is 2.48. The first-order valence-electron chi connectivity index (χ1n) is 4.25. The summed E-state index contributed by atoms with van der Waals surface area (Å²) in [5, 5.41) is 3.17.